The lowest BCUT2D eigenvalue weighted by Crippen LogP contribution is -2.59. The van der Waals surface area contributed by atoms with Crippen LogP contribution in [0.1, 0.15) is 19.4 Å². The first-order chi connectivity index (χ1) is 9.41. The summed E-state index contributed by atoms with van der Waals surface area (Å²) in [4.78, 5) is 2.27. The zero-order valence-electron chi connectivity index (χ0n) is 12.0. The van der Waals surface area contributed by atoms with Crippen LogP contribution >= 0.6 is 0 Å². The minimum absolute atomic E-state index is 0.236. The lowest BCUT2D eigenvalue weighted by atomic mass is 9.87. The summed E-state index contributed by atoms with van der Waals surface area (Å²) in [5, 5.41) is 0. The van der Waals surface area contributed by atoms with Crippen molar-refractivity contribution in [1.82, 2.24) is 4.90 Å². The highest BCUT2D eigenvalue weighted by Crippen LogP contribution is 2.23. The van der Waals surface area contributed by atoms with Gasteiger partial charge in [0.25, 0.3) is 0 Å². The van der Waals surface area contributed by atoms with E-state index in [2.05, 4.69) is 18.7 Å². The quantitative estimate of drug-likeness (QED) is 0.918. The van der Waals surface area contributed by atoms with E-state index in [1.54, 1.807) is 0 Å². The monoisotopic (exact) mass is 284 g/mol. The zero-order chi connectivity index (χ0) is 14.8. The van der Waals surface area contributed by atoms with Gasteiger partial charge in [-0.05, 0) is 31.9 Å². The van der Waals surface area contributed by atoms with Crippen molar-refractivity contribution < 1.29 is 13.5 Å². The Bertz CT molecular complexity index is 459. The largest absolute Gasteiger partial charge is 0.379 e. The van der Waals surface area contributed by atoms with E-state index in [9.17, 15) is 8.78 Å². The van der Waals surface area contributed by atoms with E-state index in [0.29, 0.717) is 25.2 Å². The molecule has 0 bridgehead atoms. The number of rotatable bonds is 4. The second-order valence-electron chi connectivity index (χ2n) is 5.80. The van der Waals surface area contributed by atoms with Crippen LogP contribution in [0.2, 0.25) is 0 Å². The molecule has 1 aromatic carbocycles. The van der Waals surface area contributed by atoms with E-state index < -0.39 is 11.6 Å². The molecule has 0 spiro atoms. The van der Waals surface area contributed by atoms with E-state index in [-0.39, 0.29) is 11.6 Å². The van der Waals surface area contributed by atoms with Crippen molar-refractivity contribution in [3.8, 4) is 0 Å². The van der Waals surface area contributed by atoms with Crippen LogP contribution in [0.4, 0.5) is 8.78 Å². The van der Waals surface area contributed by atoms with Crippen LogP contribution in [-0.4, -0.2) is 42.8 Å². The molecule has 0 saturated carbocycles. The van der Waals surface area contributed by atoms with Gasteiger partial charge in [-0.15, -0.1) is 0 Å². The van der Waals surface area contributed by atoms with Gasteiger partial charge >= 0.3 is 0 Å². The summed E-state index contributed by atoms with van der Waals surface area (Å²) < 4.78 is 32.0. The number of hydrogen-bond acceptors (Lipinski definition) is 3. The van der Waals surface area contributed by atoms with Crippen molar-refractivity contribution in [1.29, 1.82) is 0 Å². The molecule has 1 aliphatic heterocycles. The number of ether oxygens (including phenoxy) is 1. The Labute approximate surface area is 118 Å². The Hall–Kier alpha value is -1.04. The summed E-state index contributed by atoms with van der Waals surface area (Å²) in [5.74, 6) is -1.09. The van der Waals surface area contributed by atoms with Crippen molar-refractivity contribution in [3.05, 3.63) is 35.4 Å². The Kier molecular flexibility index (Phi) is 4.73. The van der Waals surface area contributed by atoms with Crippen LogP contribution in [0.15, 0.2) is 18.2 Å². The molecule has 1 aliphatic rings. The predicted octanol–water partition coefficient (Wildman–Crippen LogP) is 1.95. The van der Waals surface area contributed by atoms with Crippen molar-refractivity contribution in [2.24, 2.45) is 5.73 Å². The third-order valence-electron chi connectivity index (χ3n) is 4.19. The first kappa shape index (κ1) is 15.4. The number of nitrogens with zero attached hydrogens (tertiary/aromatic N) is 1. The fourth-order valence-electron chi connectivity index (χ4n) is 2.55. The van der Waals surface area contributed by atoms with Gasteiger partial charge in [-0.1, -0.05) is 6.07 Å². The maximum Gasteiger partial charge on any atom is 0.129 e. The summed E-state index contributed by atoms with van der Waals surface area (Å²) in [6.07, 6.45) is 0.385. The summed E-state index contributed by atoms with van der Waals surface area (Å²) in [7, 11) is 0. The van der Waals surface area contributed by atoms with Crippen LogP contribution in [0.5, 0.6) is 0 Å². The highest BCUT2D eigenvalue weighted by molar-refractivity contribution is 5.20. The Balaban J connectivity index is 2.07. The lowest BCUT2D eigenvalue weighted by molar-refractivity contribution is -0.0186. The van der Waals surface area contributed by atoms with Crippen molar-refractivity contribution in [2.45, 2.75) is 31.8 Å². The van der Waals surface area contributed by atoms with E-state index in [1.165, 1.54) is 12.1 Å². The maximum absolute atomic E-state index is 13.7. The lowest BCUT2D eigenvalue weighted by Gasteiger charge is -2.44. The molecule has 1 heterocycles. The molecule has 2 N–H and O–H groups in total. The topological polar surface area (TPSA) is 38.5 Å². The van der Waals surface area contributed by atoms with Gasteiger partial charge in [-0.3, -0.25) is 4.90 Å². The molecule has 0 aliphatic carbocycles. The first-order valence-electron chi connectivity index (χ1n) is 6.93. The average molecular weight is 284 g/mol. The average Bonchev–Trinajstić information content (AvgIpc) is 2.42. The fourth-order valence-corrected chi connectivity index (χ4v) is 2.55. The number of nitrogens with two attached hydrogens (primary N) is 1. The van der Waals surface area contributed by atoms with Gasteiger partial charge in [-0.25, -0.2) is 8.78 Å². The van der Waals surface area contributed by atoms with Gasteiger partial charge < -0.3 is 10.5 Å². The molecule has 112 valence electrons. The molecule has 0 radical (unpaired) electrons. The minimum atomic E-state index is -0.563. The summed E-state index contributed by atoms with van der Waals surface area (Å²) in [6.45, 7) is 7.16. The van der Waals surface area contributed by atoms with E-state index in [1.807, 2.05) is 0 Å². The molecule has 1 unspecified atom stereocenters. The van der Waals surface area contributed by atoms with Crippen LogP contribution in [0, 0.1) is 11.6 Å². The highest BCUT2D eigenvalue weighted by atomic mass is 19.1. The highest BCUT2D eigenvalue weighted by Gasteiger charge is 2.34. The third kappa shape index (κ3) is 3.34. The number of benzene rings is 1. The molecule has 0 aromatic heterocycles. The van der Waals surface area contributed by atoms with Crippen molar-refractivity contribution in [2.75, 3.05) is 26.3 Å². The molecule has 5 heteroatoms. The molecule has 2 rings (SSSR count). The molecule has 1 atom stereocenters. The van der Waals surface area contributed by atoms with Crippen molar-refractivity contribution >= 4 is 0 Å². The van der Waals surface area contributed by atoms with E-state index in [4.69, 9.17) is 10.5 Å². The first-order valence-corrected chi connectivity index (χ1v) is 6.93. The molecule has 0 amide bonds. The molecule has 1 aromatic rings. The van der Waals surface area contributed by atoms with Crippen LogP contribution in [0.3, 0.4) is 0 Å². The van der Waals surface area contributed by atoms with Crippen LogP contribution in [0.25, 0.3) is 0 Å². The number of morpholine rings is 1. The van der Waals surface area contributed by atoms with Gasteiger partial charge in [0, 0.05) is 30.7 Å². The molecule has 20 heavy (non-hydrogen) atoms. The zero-order valence-corrected chi connectivity index (χ0v) is 12.0. The van der Waals surface area contributed by atoms with E-state index >= 15 is 0 Å². The Morgan fingerprint density at radius 1 is 1.30 bits per heavy atom. The van der Waals surface area contributed by atoms with Crippen LogP contribution in [-0.2, 0) is 11.2 Å². The number of halogens is 2. The molecule has 3 nitrogen and oxygen atoms in total. The standard InChI is InChI=1S/C15H22F2N2O/c1-15(2,19-5-7-20-8-6-19)14(18)9-11-3-4-12(16)10-13(11)17/h3-4,10,14H,5-9,18H2,1-2H3. The third-order valence-corrected chi connectivity index (χ3v) is 4.19. The van der Waals surface area contributed by atoms with Gasteiger partial charge in [-0.2, -0.15) is 0 Å². The van der Waals surface area contributed by atoms with E-state index in [0.717, 1.165) is 19.2 Å². The SMILES string of the molecule is CC(C)(C(N)Cc1ccc(F)cc1F)N1CCOCC1. The smallest absolute Gasteiger partial charge is 0.129 e. The predicted molar refractivity (Wildman–Crippen MR) is 74.5 cm³/mol. The summed E-state index contributed by atoms with van der Waals surface area (Å²) >= 11 is 0. The molecule has 1 fully saturated rings. The molecular weight excluding hydrogens is 262 g/mol. The second-order valence-corrected chi connectivity index (χ2v) is 5.80. The normalized spacial score (nSPS) is 19.1. The molecular formula is C15H22F2N2O. The summed E-state index contributed by atoms with van der Waals surface area (Å²) in [6, 6.07) is 3.41. The van der Waals surface area contributed by atoms with Crippen molar-refractivity contribution in [3.63, 3.8) is 0 Å². The summed E-state index contributed by atoms with van der Waals surface area (Å²) in [5.41, 5.74) is 6.48. The fraction of sp³-hybridized carbons (Fsp3) is 0.600. The van der Waals surface area contributed by atoms with Gasteiger partial charge in [0.05, 0.1) is 13.2 Å². The Morgan fingerprint density at radius 2 is 1.95 bits per heavy atom. The minimum Gasteiger partial charge on any atom is -0.379 e. The van der Waals surface area contributed by atoms with Gasteiger partial charge in [0.15, 0.2) is 0 Å². The van der Waals surface area contributed by atoms with Crippen LogP contribution < -0.4 is 5.73 Å². The number of hydrogen-bond donors (Lipinski definition) is 1. The molecule has 1 saturated heterocycles. The van der Waals surface area contributed by atoms with Gasteiger partial charge in [0.2, 0.25) is 0 Å². The Morgan fingerprint density at radius 3 is 2.55 bits per heavy atom. The van der Waals surface area contributed by atoms with Gasteiger partial charge in [0.1, 0.15) is 11.6 Å². The maximum atomic E-state index is 13.7. The second kappa shape index (κ2) is 6.16.